The summed E-state index contributed by atoms with van der Waals surface area (Å²) in [6, 6.07) is 20.2. The summed E-state index contributed by atoms with van der Waals surface area (Å²) in [5, 5.41) is 6.81. The predicted molar refractivity (Wildman–Crippen MR) is 103 cm³/mol. The van der Waals surface area contributed by atoms with Gasteiger partial charge in [-0.15, -0.1) is 0 Å². The highest BCUT2D eigenvalue weighted by Gasteiger charge is 2.09. The molecule has 0 amide bonds. The van der Waals surface area contributed by atoms with Crippen molar-refractivity contribution in [1.29, 1.82) is 0 Å². The number of hydrogen-bond donors (Lipinski definition) is 1. The van der Waals surface area contributed by atoms with E-state index in [4.69, 9.17) is 4.42 Å². The molecule has 4 aromatic rings. The summed E-state index contributed by atoms with van der Waals surface area (Å²) in [6.07, 6.45) is 0. The molecule has 3 heteroatoms. The summed E-state index contributed by atoms with van der Waals surface area (Å²) in [6.45, 7) is 4.58. The van der Waals surface area contributed by atoms with Crippen LogP contribution in [-0.4, -0.2) is 0 Å². The van der Waals surface area contributed by atoms with Crippen molar-refractivity contribution in [2.45, 2.75) is 20.4 Å². The van der Waals surface area contributed by atoms with E-state index >= 15 is 0 Å². The Morgan fingerprint density at radius 3 is 2.56 bits per heavy atom. The molecule has 1 heterocycles. The van der Waals surface area contributed by atoms with Gasteiger partial charge in [-0.2, -0.15) is 0 Å². The first-order chi connectivity index (χ1) is 12.1. The molecule has 0 spiro atoms. The lowest BCUT2D eigenvalue weighted by atomic mass is 10.0. The van der Waals surface area contributed by atoms with Crippen molar-refractivity contribution in [3.63, 3.8) is 0 Å². The van der Waals surface area contributed by atoms with Gasteiger partial charge in [0, 0.05) is 23.7 Å². The highest BCUT2D eigenvalue weighted by molar-refractivity contribution is 5.86. The lowest BCUT2D eigenvalue weighted by molar-refractivity contribution is 0.556. The molecule has 1 N–H and O–H groups in total. The summed E-state index contributed by atoms with van der Waals surface area (Å²) in [7, 11) is 0. The van der Waals surface area contributed by atoms with Gasteiger partial charge in [-0.1, -0.05) is 42.5 Å². The highest BCUT2D eigenvalue weighted by Crippen LogP contribution is 2.24. The molecule has 0 unspecified atom stereocenters. The largest absolute Gasteiger partial charge is 0.422 e. The molecule has 124 valence electrons. The Morgan fingerprint density at radius 1 is 0.920 bits per heavy atom. The molecular weight excluding hydrogens is 310 g/mol. The lowest BCUT2D eigenvalue weighted by Crippen LogP contribution is -2.06. The van der Waals surface area contributed by atoms with Gasteiger partial charge < -0.3 is 9.73 Å². The first-order valence-corrected chi connectivity index (χ1v) is 8.37. The van der Waals surface area contributed by atoms with Crippen LogP contribution >= 0.6 is 0 Å². The van der Waals surface area contributed by atoms with Crippen LogP contribution in [0.1, 0.15) is 16.7 Å². The molecule has 0 aliphatic carbocycles. The van der Waals surface area contributed by atoms with E-state index in [1.165, 1.54) is 10.8 Å². The lowest BCUT2D eigenvalue weighted by Gasteiger charge is -2.11. The van der Waals surface area contributed by atoms with Crippen LogP contribution in [0.5, 0.6) is 0 Å². The van der Waals surface area contributed by atoms with Crippen molar-refractivity contribution < 1.29 is 4.42 Å². The van der Waals surface area contributed by atoms with Gasteiger partial charge in [0.05, 0.1) is 0 Å². The zero-order valence-electron chi connectivity index (χ0n) is 14.3. The fraction of sp³-hybridized carbons (Fsp3) is 0.136. The molecule has 0 aliphatic rings. The molecule has 0 atom stereocenters. The van der Waals surface area contributed by atoms with Crippen LogP contribution in [0.25, 0.3) is 21.7 Å². The van der Waals surface area contributed by atoms with E-state index in [1.807, 2.05) is 32.0 Å². The van der Waals surface area contributed by atoms with E-state index in [-0.39, 0.29) is 5.63 Å². The first kappa shape index (κ1) is 15.5. The molecule has 0 radical (unpaired) electrons. The van der Waals surface area contributed by atoms with Gasteiger partial charge in [-0.05, 0) is 53.4 Å². The standard InChI is InChI=1S/C22H19NO2/c1-14-7-10-20-18(12-21(24)25-22(20)15(14)2)13-23-19-9-8-16-5-3-4-6-17(16)11-19/h3-12,23H,13H2,1-2H3. The second-order valence-corrected chi connectivity index (χ2v) is 6.39. The predicted octanol–water partition coefficient (Wildman–Crippen LogP) is 5.18. The minimum atomic E-state index is -0.309. The van der Waals surface area contributed by atoms with E-state index < -0.39 is 0 Å². The summed E-state index contributed by atoms with van der Waals surface area (Å²) in [4.78, 5) is 12.0. The Bertz CT molecular complexity index is 1140. The smallest absolute Gasteiger partial charge is 0.336 e. The minimum absolute atomic E-state index is 0.309. The molecule has 4 rings (SSSR count). The van der Waals surface area contributed by atoms with Crippen LogP contribution in [0, 0.1) is 13.8 Å². The van der Waals surface area contributed by atoms with Crippen LogP contribution in [0.3, 0.4) is 0 Å². The third-order valence-corrected chi connectivity index (χ3v) is 4.75. The number of anilines is 1. The normalized spacial score (nSPS) is 11.1. The van der Waals surface area contributed by atoms with Crippen molar-refractivity contribution in [2.75, 3.05) is 5.32 Å². The second-order valence-electron chi connectivity index (χ2n) is 6.39. The van der Waals surface area contributed by atoms with Crippen molar-refractivity contribution in [1.82, 2.24) is 0 Å². The van der Waals surface area contributed by atoms with Gasteiger partial charge in [0.2, 0.25) is 0 Å². The minimum Gasteiger partial charge on any atom is -0.422 e. The quantitative estimate of drug-likeness (QED) is 0.527. The van der Waals surface area contributed by atoms with Gasteiger partial charge in [0.15, 0.2) is 0 Å². The average molecular weight is 329 g/mol. The zero-order valence-corrected chi connectivity index (χ0v) is 14.3. The first-order valence-electron chi connectivity index (χ1n) is 8.37. The monoisotopic (exact) mass is 329 g/mol. The Kier molecular flexibility index (Phi) is 3.77. The Labute approximate surface area is 145 Å². The van der Waals surface area contributed by atoms with Gasteiger partial charge >= 0.3 is 5.63 Å². The zero-order chi connectivity index (χ0) is 17.4. The highest BCUT2D eigenvalue weighted by atomic mass is 16.4. The van der Waals surface area contributed by atoms with E-state index in [1.54, 1.807) is 6.07 Å². The maximum atomic E-state index is 12.0. The van der Waals surface area contributed by atoms with Crippen LogP contribution in [0.2, 0.25) is 0 Å². The molecule has 0 saturated heterocycles. The molecule has 0 fully saturated rings. The summed E-state index contributed by atoms with van der Waals surface area (Å²) < 4.78 is 5.44. The van der Waals surface area contributed by atoms with Gasteiger partial charge in [-0.3, -0.25) is 0 Å². The Balaban J connectivity index is 1.70. The molecule has 0 bridgehead atoms. The molecule has 0 aliphatic heterocycles. The maximum absolute atomic E-state index is 12.0. The summed E-state index contributed by atoms with van der Waals surface area (Å²) in [5.74, 6) is 0. The number of rotatable bonds is 3. The number of hydrogen-bond acceptors (Lipinski definition) is 3. The van der Waals surface area contributed by atoms with Crippen molar-refractivity contribution in [3.05, 3.63) is 87.8 Å². The van der Waals surface area contributed by atoms with E-state index in [2.05, 4.69) is 41.7 Å². The van der Waals surface area contributed by atoms with Crippen LogP contribution in [-0.2, 0) is 6.54 Å². The molecule has 1 aromatic heterocycles. The third-order valence-electron chi connectivity index (χ3n) is 4.75. The van der Waals surface area contributed by atoms with Crippen molar-refractivity contribution in [3.8, 4) is 0 Å². The Hall–Kier alpha value is -3.07. The molecular formula is C22H19NO2. The molecule has 25 heavy (non-hydrogen) atoms. The van der Waals surface area contributed by atoms with Crippen molar-refractivity contribution in [2.24, 2.45) is 0 Å². The second kappa shape index (κ2) is 6.10. The topological polar surface area (TPSA) is 42.2 Å². The number of benzene rings is 3. The SMILES string of the molecule is Cc1ccc2c(CNc3ccc4ccccc4c3)cc(=O)oc2c1C. The number of nitrogens with one attached hydrogen (secondary N) is 1. The van der Waals surface area contributed by atoms with Crippen molar-refractivity contribution >= 4 is 27.4 Å². The summed E-state index contributed by atoms with van der Waals surface area (Å²) >= 11 is 0. The van der Waals surface area contributed by atoms with E-state index in [0.29, 0.717) is 12.1 Å². The van der Waals surface area contributed by atoms with Crippen LogP contribution < -0.4 is 10.9 Å². The van der Waals surface area contributed by atoms with E-state index in [9.17, 15) is 4.79 Å². The van der Waals surface area contributed by atoms with Crippen LogP contribution in [0.15, 0.2) is 69.9 Å². The average Bonchev–Trinajstić information content (AvgIpc) is 2.63. The van der Waals surface area contributed by atoms with Crippen LogP contribution in [0.4, 0.5) is 5.69 Å². The molecule has 0 saturated carbocycles. The van der Waals surface area contributed by atoms with Gasteiger partial charge in [0.1, 0.15) is 5.58 Å². The fourth-order valence-electron chi connectivity index (χ4n) is 3.17. The molecule has 3 aromatic carbocycles. The van der Waals surface area contributed by atoms with Gasteiger partial charge in [-0.25, -0.2) is 4.79 Å². The Morgan fingerprint density at radius 2 is 1.72 bits per heavy atom. The number of fused-ring (bicyclic) bond motifs is 2. The van der Waals surface area contributed by atoms with Gasteiger partial charge in [0.25, 0.3) is 0 Å². The fourth-order valence-corrected chi connectivity index (χ4v) is 3.17. The maximum Gasteiger partial charge on any atom is 0.336 e. The summed E-state index contributed by atoms with van der Waals surface area (Å²) in [5.41, 5.74) is 4.49. The third kappa shape index (κ3) is 2.89. The number of aryl methyl sites for hydroxylation is 2. The van der Waals surface area contributed by atoms with E-state index in [0.717, 1.165) is 27.8 Å². The molecule has 3 nitrogen and oxygen atoms in total.